The molecule has 108 valence electrons. The van der Waals surface area contributed by atoms with Crippen LogP contribution in [0.4, 0.5) is 0 Å². The van der Waals surface area contributed by atoms with E-state index in [9.17, 15) is 8.42 Å². The highest BCUT2D eigenvalue weighted by Crippen LogP contribution is 2.33. The zero-order valence-electron chi connectivity index (χ0n) is 11.8. The molecule has 0 saturated heterocycles. The van der Waals surface area contributed by atoms with E-state index in [1.165, 1.54) is 17.4 Å². The first-order valence-electron chi connectivity index (χ1n) is 6.45. The molecule has 0 saturated carbocycles. The van der Waals surface area contributed by atoms with Crippen LogP contribution in [0.1, 0.15) is 29.7 Å². The normalized spacial score (nSPS) is 15.2. The molecular formula is C14H23NO2S2. The predicted molar refractivity (Wildman–Crippen MR) is 84.4 cm³/mol. The van der Waals surface area contributed by atoms with Gasteiger partial charge in [0.1, 0.15) is 9.84 Å². The number of hydrogen-bond acceptors (Lipinski definition) is 4. The maximum Gasteiger partial charge on any atom is 0.148 e. The van der Waals surface area contributed by atoms with Crippen LogP contribution in [0.3, 0.4) is 0 Å². The van der Waals surface area contributed by atoms with Gasteiger partial charge in [0.15, 0.2) is 0 Å². The molecule has 0 bridgehead atoms. The molecule has 2 unspecified atom stereocenters. The van der Waals surface area contributed by atoms with Crippen molar-refractivity contribution in [2.24, 2.45) is 5.73 Å². The Morgan fingerprint density at radius 1 is 1.37 bits per heavy atom. The van der Waals surface area contributed by atoms with E-state index in [0.717, 1.165) is 6.42 Å². The predicted octanol–water partition coefficient (Wildman–Crippen LogP) is 2.55. The quantitative estimate of drug-likeness (QED) is 0.841. The van der Waals surface area contributed by atoms with Crippen LogP contribution in [0.5, 0.6) is 0 Å². The maximum atomic E-state index is 11.2. The third kappa shape index (κ3) is 5.97. The molecule has 0 radical (unpaired) electrons. The van der Waals surface area contributed by atoms with Crippen LogP contribution in [0.15, 0.2) is 24.3 Å². The van der Waals surface area contributed by atoms with Crippen molar-refractivity contribution < 1.29 is 8.42 Å². The SMILES string of the molecule is CCC(N)C(SCCS(C)(=O)=O)c1cccc(C)c1. The molecule has 1 aromatic carbocycles. The molecule has 0 spiro atoms. The second-order valence-corrected chi connectivity index (χ2v) is 8.42. The highest BCUT2D eigenvalue weighted by atomic mass is 32.2. The van der Waals surface area contributed by atoms with Crippen molar-refractivity contribution >= 4 is 21.6 Å². The summed E-state index contributed by atoms with van der Waals surface area (Å²) in [5.41, 5.74) is 8.57. The Labute approximate surface area is 120 Å². The number of rotatable bonds is 7. The van der Waals surface area contributed by atoms with E-state index in [0.29, 0.717) is 5.75 Å². The van der Waals surface area contributed by atoms with Gasteiger partial charge in [-0.25, -0.2) is 8.42 Å². The first kappa shape index (κ1) is 16.5. The number of nitrogens with two attached hydrogens (primary N) is 1. The Kier molecular flexibility index (Phi) is 6.36. The van der Waals surface area contributed by atoms with Crippen LogP contribution in [0.2, 0.25) is 0 Å². The summed E-state index contributed by atoms with van der Waals surface area (Å²) < 4.78 is 22.4. The van der Waals surface area contributed by atoms with Gasteiger partial charge in [0.25, 0.3) is 0 Å². The molecule has 5 heteroatoms. The fraction of sp³-hybridized carbons (Fsp3) is 0.571. The topological polar surface area (TPSA) is 60.2 Å². The van der Waals surface area contributed by atoms with E-state index >= 15 is 0 Å². The molecule has 0 aliphatic heterocycles. The minimum atomic E-state index is -2.90. The van der Waals surface area contributed by atoms with Gasteiger partial charge in [0.05, 0.1) is 5.75 Å². The van der Waals surface area contributed by atoms with Gasteiger partial charge in [-0.05, 0) is 18.9 Å². The summed E-state index contributed by atoms with van der Waals surface area (Å²) in [7, 11) is -2.90. The minimum Gasteiger partial charge on any atom is -0.326 e. The van der Waals surface area contributed by atoms with Crippen molar-refractivity contribution in [1.82, 2.24) is 0 Å². The third-order valence-electron chi connectivity index (χ3n) is 2.98. The molecule has 19 heavy (non-hydrogen) atoms. The summed E-state index contributed by atoms with van der Waals surface area (Å²) >= 11 is 1.64. The summed E-state index contributed by atoms with van der Waals surface area (Å²) in [5, 5.41) is 0.159. The Morgan fingerprint density at radius 2 is 2.05 bits per heavy atom. The van der Waals surface area contributed by atoms with E-state index < -0.39 is 9.84 Å². The second kappa shape index (κ2) is 7.31. The maximum absolute atomic E-state index is 11.2. The summed E-state index contributed by atoms with van der Waals surface area (Å²) in [4.78, 5) is 0. The molecule has 2 atom stereocenters. The summed E-state index contributed by atoms with van der Waals surface area (Å²) in [6.45, 7) is 4.11. The molecule has 0 aliphatic carbocycles. The Morgan fingerprint density at radius 3 is 2.58 bits per heavy atom. The zero-order valence-corrected chi connectivity index (χ0v) is 13.4. The Hall–Kier alpha value is -0.520. The number of sulfone groups is 1. The summed E-state index contributed by atoms with van der Waals surface area (Å²) in [6, 6.07) is 8.33. The highest BCUT2D eigenvalue weighted by Gasteiger charge is 2.19. The van der Waals surface area contributed by atoms with Gasteiger partial charge < -0.3 is 5.73 Å². The number of aryl methyl sites for hydroxylation is 1. The molecule has 2 N–H and O–H groups in total. The van der Waals surface area contributed by atoms with Gasteiger partial charge in [0.2, 0.25) is 0 Å². The lowest BCUT2D eigenvalue weighted by Gasteiger charge is -2.23. The molecule has 0 heterocycles. The highest BCUT2D eigenvalue weighted by molar-refractivity contribution is 8.00. The van der Waals surface area contributed by atoms with Crippen LogP contribution in [-0.4, -0.2) is 32.2 Å². The lowest BCUT2D eigenvalue weighted by Crippen LogP contribution is -2.26. The van der Waals surface area contributed by atoms with Crippen molar-refractivity contribution in [3.05, 3.63) is 35.4 Å². The van der Waals surface area contributed by atoms with Crippen LogP contribution in [-0.2, 0) is 9.84 Å². The molecule has 0 amide bonds. The molecule has 3 nitrogen and oxygen atoms in total. The Bertz CT molecular complexity index is 500. The van der Waals surface area contributed by atoms with Gasteiger partial charge >= 0.3 is 0 Å². The lowest BCUT2D eigenvalue weighted by atomic mass is 10.0. The summed E-state index contributed by atoms with van der Waals surface area (Å²) in [5.74, 6) is 0.793. The van der Waals surface area contributed by atoms with Crippen LogP contribution < -0.4 is 5.73 Å². The average Bonchev–Trinajstić information content (AvgIpc) is 2.32. The lowest BCUT2D eigenvalue weighted by molar-refractivity contribution is 0.603. The van der Waals surface area contributed by atoms with Gasteiger partial charge in [0, 0.05) is 23.3 Å². The fourth-order valence-corrected chi connectivity index (χ4v) is 4.48. The molecule has 1 aromatic rings. The van der Waals surface area contributed by atoms with E-state index in [1.807, 2.05) is 6.07 Å². The number of hydrogen-bond donors (Lipinski definition) is 1. The zero-order chi connectivity index (χ0) is 14.5. The number of thioether (sulfide) groups is 1. The van der Waals surface area contributed by atoms with E-state index in [4.69, 9.17) is 5.73 Å². The van der Waals surface area contributed by atoms with Crippen molar-refractivity contribution in [1.29, 1.82) is 0 Å². The molecule has 0 aliphatic rings. The standard InChI is InChI=1S/C14H23NO2S2/c1-4-13(15)14(18-8-9-19(3,16)17)12-7-5-6-11(2)10-12/h5-7,10,13-14H,4,8-9,15H2,1-3H3. The molecule has 1 rings (SSSR count). The van der Waals surface area contributed by atoms with E-state index in [-0.39, 0.29) is 17.0 Å². The van der Waals surface area contributed by atoms with Crippen LogP contribution in [0, 0.1) is 6.92 Å². The molecule has 0 fully saturated rings. The largest absolute Gasteiger partial charge is 0.326 e. The number of benzene rings is 1. The van der Waals surface area contributed by atoms with Gasteiger partial charge in [-0.1, -0.05) is 36.8 Å². The van der Waals surface area contributed by atoms with E-state index in [2.05, 4.69) is 32.0 Å². The first-order valence-corrected chi connectivity index (χ1v) is 9.56. The smallest absolute Gasteiger partial charge is 0.148 e. The Balaban J connectivity index is 2.78. The summed E-state index contributed by atoms with van der Waals surface area (Å²) in [6.07, 6.45) is 2.15. The monoisotopic (exact) mass is 301 g/mol. The van der Waals surface area contributed by atoms with Gasteiger partial charge in [-0.3, -0.25) is 0 Å². The second-order valence-electron chi connectivity index (χ2n) is 4.91. The first-order chi connectivity index (χ1) is 8.83. The molecule has 0 aromatic heterocycles. The van der Waals surface area contributed by atoms with Gasteiger partial charge in [-0.15, -0.1) is 0 Å². The van der Waals surface area contributed by atoms with Gasteiger partial charge in [-0.2, -0.15) is 11.8 Å². The van der Waals surface area contributed by atoms with Crippen molar-refractivity contribution in [2.75, 3.05) is 17.8 Å². The molecular weight excluding hydrogens is 278 g/mol. The van der Waals surface area contributed by atoms with Crippen LogP contribution in [0.25, 0.3) is 0 Å². The third-order valence-corrected chi connectivity index (χ3v) is 5.61. The van der Waals surface area contributed by atoms with Crippen molar-refractivity contribution in [2.45, 2.75) is 31.6 Å². The van der Waals surface area contributed by atoms with E-state index in [1.54, 1.807) is 11.8 Å². The fourth-order valence-electron chi connectivity index (χ4n) is 1.85. The average molecular weight is 301 g/mol. The van der Waals surface area contributed by atoms with Crippen molar-refractivity contribution in [3.8, 4) is 0 Å². The minimum absolute atomic E-state index is 0.0476. The van der Waals surface area contributed by atoms with Crippen molar-refractivity contribution in [3.63, 3.8) is 0 Å². The van der Waals surface area contributed by atoms with Crippen LogP contribution >= 0.6 is 11.8 Å².